The van der Waals surface area contributed by atoms with E-state index in [-0.39, 0.29) is 24.8 Å². The summed E-state index contributed by atoms with van der Waals surface area (Å²) in [5.74, 6) is -4.20. The lowest BCUT2D eigenvalue weighted by molar-refractivity contribution is -0.141. The van der Waals surface area contributed by atoms with Crippen LogP contribution in [0.15, 0.2) is 42.7 Å². The molecule has 4 aliphatic rings. The number of pyridine rings is 2. The van der Waals surface area contributed by atoms with Gasteiger partial charge in [-0.05, 0) is 74.4 Å². The van der Waals surface area contributed by atoms with E-state index in [0.717, 1.165) is 47.4 Å². The van der Waals surface area contributed by atoms with Crippen molar-refractivity contribution in [3.8, 4) is 0 Å². The average Bonchev–Trinajstić information content (AvgIpc) is 3.57. The molecule has 0 saturated carbocycles. The number of hydrogen-bond donors (Lipinski definition) is 3. The predicted octanol–water partition coefficient (Wildman–Crippen LogP) is 4.45. The number of benzene rings is 1. The van der Waals surface area contributed by atoms with Gasteiger partial charge >= 0.3 is 0 Å². The molecule has 4 unspecified atom stereocenters. The molecule has 3 aliphatic heterocycles. The van der Waals surface area contributed by atoms with Gasteiger partial charge in [0, 0.05) is 72.9 Å². The lowest BCUT2D eigenvalue weighted by Gasteiger charge is -2.44. The molecule has 7 rings (SSSR count). The summed E-state index contributed by atoms with van der Waals surface area (Å²) in [6.07, 6.45) is 8.58. The number of hydrogen-bond acceptors (Lipinski definition) is 7. The lowest BCUT2D eigenvalue weighted by Crippen LogP contribution is -2.58. The number of ether oxygens (including phenoxy) is 1. The van der Waals surface area contributed by atoms with Crippen LogP contribution in [0.2, 0.25) is 0 Å². The van der Waals surface area contributed by atoms with E-state index < -0.39 is 52.7 Å². The second-order valence-corrected chi connectivity index (χ2v) is 12.9. The number of halogens is 3. The molecule has 0 radical (unpaired) electrons. The topological polar surface area (TPSA) is 117 Å². The van der Waals surface area contributed by atoms with Crippen molar-refractivity contribution in [1.82, 2.24) is 20.2 Å². The van der Waals surface area contributed by atoms with Crippen LogP contribution in [0.1, 0.15) is 78.3 Å². The van der Waals surface area contributed by atoms with E-state index >= 15 is 8.78 Å². The molecular formula is C35H36F3N5O4. The van der Waals surface area contributed by atoms with Gasteiger partial charge in [0.1, 0.15) is 17.9 Å². The molecule has 9 nitrogen and oxygen atoms in total. The Hall–Kier alpha value is -4.13. The molecule has 1 fully saturated rings. The van der Waals surface area contributed by atoms with Crippen molar-refractivity contribution in [2.75, 3.05) is 25.1 Å². The molecule has 2 amide bonds. The largest absolute Gasteiger partial charge is 0.381 e. The zero-order valence-corrected chi connectivity index (χ0v) is 25.9. The number of nitrogens with one attached hydrogen (secondary N) is 2. The van der Waals surface area contributed by atoms with Crippen molar-refractivity contribution in [2.45, 2.75) is 75.1 Å². The second-order valence-electron chi connectivity index (χ2n) is 12.9. The van der Waals surface area contributed by atoms with Crippen LogP contribution < -0.4 is 10.6 Å². The number of amides is 2. The lowest BCUT2D eigenvalue weighted by atomic mass is 9.79. The quantitative estimate of drug-likeness (QED) is 0.335. The van der Waals surface area contributed by atoms with Crippen molar-refractivity contribution in [1.29, 1.82) is 0 Å². The van der Waals surface area contributed by atoms with E-state index in [1.54, 1.807) is 19.2 Å². The molecule has 7 bridgehead atoms. The summed E-state index contributed by atoms with van der Waals surface area (Å²) in [5.41, 5.74) is 2.30. The Morgan fingerprint density at radius 3 is 2.70 bits per heavy atom. The number of aliphatic hydroxyl groups is 1. The minimum Gasteiger partial charge on any atom is -0.381 e. The van der Waals surface area contributed by atoms with E-state index in [9.17, 15) is 19.1 Å². The van der Waals surface area contributed by atoms with Crippen molar-refractivity contribution in [2.24, 2.45) is 0 Å². The minimum atomic E-state index is -1.36. The third kappa shape index (κ3) is 5.62. The van der Waals surface area contributed by atoms with Crippen molar-refractivity contribution in [3.05, 3.63) is 93.7 Å². The van der Waals surface area contributed by atoms with Gasteiger partial charge in [0.25, 0.3) is 0 Å². The van der Waals surface area contributed by atoms with E-state index in [0.29, 0.717) is 43.9 Å². The maximum absolute atomic E-state index is 15.1. The number of piperidine rings is 1. The summed E-state index contributed by atoms with van der Waals surface area (Å²) >= 11 is 0. The van der Waals surface area contributed by atoms with Crippen molar-refractivity contribution in [3.63, 3.8) is 0 Å². The Bertz CT molecular complexity index is 1770. The number of aliphatic hydroxyl groups excluding tert-OH is 1. The summed E-state index contributed by atoms with van der Waals surface area (Å²) < 4.78 is 50.3. The first-order valence-corrected chi connectivity index (χ1v) is 16.1. The van der Waals surface area contributed by atoms with Crippen LogP contribution in [0.25, 0.3) is 6.08 Å². The summed E-state index contributed by atoms with van der Waals surface area (Å²) in [5, 5.41) is 17.2. The molecular weight excluding hydrogens is 611 g/mol. The van der Waals surface area contributed by atoms with E-state index in [1.807, 2.05) is 18.2 Å². The van der Waals surface area contributed by atoms with E-state index in [4.69, 9.17) is 4.74 Å². The summed E-state index contributed by atoms with van der Waals surface area (Å²) in [6.45, 7) is 2.82. The molecule has 1 saturated heterocycles. The predicted molar refractivity (Wildman–Crippen MR) is 167 cm³/mol. The normalized spacial score (nSPS) is 28.5. The SMILES string of the molecule is CC1C(c2c(F)ccc(F)c2F)CC2NC(O)c3cnc4c(c3)C[C@@]3(C4)C(=O)Nc4ncc(cc43)/C=C/CCCOCCCN1C2=O. The molecule has 3 N–H and O–H groups in total. The summed E-state index contributed by atoms with van der Waals surface area (Å²) in [7, 11) is 0. The van der Waals surface area contributed by atoms with E-state index in [2.05, 4.69) is 20.6 Å². The number of carbonyl (C=O) groups excluding carboxylic acids is 2. The number of aromatic nitrogens is 2. The Kier molecular flexibility index (Phi) is 8.35. The molecule has 1 spiro atoms. The van der Waals surface area contributed by atoms with Gasteiger partial charge in [-0.25, -0.2) is 18.2 Å². The Labute approximate surface area is 270 Å². The number of rotatable bonds is 1. The average molecular weight is 648 g/mol. The second kappa shape index (κ2) is 12.5. The number of fused-ring (bicyclic) bond motifs is 4. The highest BCUT2D eigenvalue weighted by Gasteiger charge is 2.52. The smallest absolute Gasteiger partial charge is 0.240 e. The van der Waals surface area contributed by atoms with Gasteiger partial charge in [0.2, 0.25) is 11.8 Å². The number of anilines is 1. The first-order valence-electron chi connectivity index (χ1n) is 16.1. The van der Waals surface area contributed by atoms with Crippen LogP contribution in [0.4, 0.5) is 19.0 Å². The first-order chi connectivity index (χ1) is 22.7. The molecule has 12 heteroatoms. The van der Waals surface area contributed by atoms with Crippen LogP contribution >= 0.6 is 0 Å². The van der Waals surface area contributed by atoms with Crippen LogP contribution in [0.5, 0.6) is 0 Å². The highest BCUT2D eigenvalue weighted by molar-refractivity contribution is 6.06. The molecule has 3 aromatic rings. The Morgan fingerprint density at radius 2 is 1.85 bits per heavy atom. The Balaban J connectivity index is 1.22. The third-order valence-electron chi connectivity index (χ3n) is 10.1. The minimum absolute atomic E-state index is 0.0668. The fourth-order valence-corrected chi connectivity index (χ4v) is 7.54. The van der Waals surface area contributed by atoms with Crippen LogP contribution in [-0.2, 0) is 32.6 Å². The van der Waals surface area contributed by atoms with E-state index in [1.165, 1.54) is 11.1 Å². The highest BCUT2D eigenvalue weighted by atomic mass is 19.2. The number of allylic oxidation sites excluding steroid dienone is 1. The number of carbonyl (C=O) groups is 2. The Morgan fingerprint density at radius 1 is 1.04 bits per heavy atom. The monoisotopic (exact) mass is 647 g/mol. The van der Waals surface area contributed by atoms with Gasteiger partial charge in [-0.1, -0.05) is 12.2 Å². The maximum atomic E-state index is 15.1. The van der Waals surface area contributed by atoms with Gasteiger partial charge < -0.3 is 20.1 Å². The zero-order valence-electron chi connectivity index (χ0n) is 25.9. The van der Waals surface area contributed by atoms with Crippen molar-refractivity contribution >= 4 is 23.7 Å². The molecule has 246 valence electrons. The van der Waals surface area contributed by atoms with Gasteiger partial charge in [-0.3, -0.25) is 19.9 Å². The molecule has 1 aromatic carbocycles. The first kappa shape index (κ1) is 31.5. The number of nitrogens with zero attached hydrogens (tertiary/aromatic N) is 3. The van der Waals surface area contributed by atoms with Gasteiger partial charge in [-0.15, -0.1) is 0 Å². The van der Waals surface area contributed by atoms with Gasteiger partial charge in [0.05, 0.1) is 11.5 Å². The van der Waals surface area contributed by atoms with Crippen LogP contribution in [-0.4, -0.2) is 63.6 Å². The van der Waals surface area contributed by atoms with Gasteiger partial charge in [0.15, 0.2) is 11.6 Å². The fourth-order valence-electron chi connectivity index (χ4n) is 7.54. The summed E-state index contributed by atoms with van der Waals surface area (Å²) in [4.78, 5) is 37.9. The zero-order chi connectivity index (χ0) is 32.9. The van der Waals surface area contributed by atoms with Gasteiger partial charge in [-0.2, -0.15) is 0 Å². The molecule has 2 aromatic heterocycles. The molecule has 47 heavy (non-hydrogen) atoms. The summed E-state index contributed by atoms with van der Waals surface area (Å²) in [6, 6.07) is 3.72. The molecule has 5 atom stereocenters. The fraction of sp³-hybridized carbons (Fsp3) is 0.429. The maximum Gasteiger partial charge on any atom is 0.240 e. The van der Waals surface area contributed by atoms with Crippen molar-refractivity contribution < 1.29 is 32.6 Å². The molecule has 5 heterocycles. The standard InChI is InChI=1S/C35H36F3N5O4/c1-19-23(29-25(36)7-8-26(37)30(29)38)14-27-33(45)43(19)9-5-11-47-10-4-2-3-6-20-12-24-31(40-17-20)42-34(46)35(24)15-21-13-22(32(44)41-27)18-39-28(21)16-35/h3,6-8,12-13,17-19,23,27,32,41,44H,2,4-5,9-11,14-16H2,1H3,(H,40,42,46)/b6-3+/t19?,23?,27?,32?,35-/m0/s1. The van der Waals surface area contributed by atoms with Crippen LogP contribution in [0, 0.1) is 17.5 Å². The molecule has 1 aliphatic carbocycles. The van der Waals surface area contributed by atoms with Crippen LogP contribution in [0.3, 0.4) is 0 Å². The third-order valence-corrected chi connectivity index (χ3v) is 10.1. The highest BCUT2D eigenvalue weighted by Crippen LogP contribution is 2.47.